The maximum atomic E-state index is 12.6. The van der Waals surface area contributed by atoms with Crippen molar-refractivity contribution in [2.75, 3.05) is 0 Å². The van der Waals surface area contributed by atoms with Crippen LogP contribution in [-0.4, -0.2) is 4.98 Å². The summed E-state index contributed by atoms with van der Waals surface area (Å²) in [5.41, 5.74) is 4.38. The molecule has 1 nitrogen and oxygen atoms in total. The van der Waals surface area contributed by atoms with Gasteiger partial charge in [-0.3, -0.25) is 4.98 Å². The molecule has 2 aromatic rings. The molecule has 0 radical (unpaired) electrons. The standard InChI is InChI=1S/C8H8F2.C8H11N.CH4/c1-5-3-7(9)6(2)8(10)4-5;1-6-4-8(3)9-5-7(6)2;/h3-4H,1-2H3;4-5H,1-3H3;1H4. The Kier molecular flexibility index (Phi) is 7.05. The highest BCUT2D eigenvalue weighted by Gasteiger charge is 2.02. The first-order valence-corrected chi connectivity index (χ1v) is 6.13. The molecule has 0 bridgehead atoms. The molecule has 0 fully saturated rings. The number of pyridine rings is 1. The average Bonchev–Trinajstić information content (AvgIpc) is 2.32. The minimum Gasteiger partial charge on any atom is -0.261 e. The fraction of sp³-hybridized carbons (Fsp3) is 0.353. The molecule has 0 saturated heterocycles. The third-order valence-electron chi connectivity index (χ3n) is 2.93. The van der Waals surface area contributed by atoms with E-state index >= 15 is 0 Å². The van der Waals surface area contributed by atoms with E-state index in [1.165, 1.54) is 30.2 Å². The van der Waals surface area contributed by atoms with E-state index in [9.17, 15) is 8.78 Å². The van der Waals surface area contributed by atoms with Crippen molar-refractivity contribution in [3.05, 3.63) is 64.0 Å². The van der Waals surface area contributed by atoms with E-state index in [2.05, 4.69) is 24.9 Å². The van der Waals surface area contributed by atoms with Crippen LogP contribution in [-0.2, 0) is 0 Å². The van der Waals surface area contributed by atoms with Crippen LogP contribution in [0.4, 0.5) is 8.78 Å². The number of aryl methyl sites for hydroxylation is 4. The number of nitrogens with zero attached hydrogens (tertiary/aromatic N) is 1. The highest BCUT2D eigenvalue weighted by atomic mass is 19.1. The van der Waals surface area contributed by atoms with Crippen LogP contribution in [0.1, 0.15) is 35.4 Å². The van der Waals surface area contributed by atoms with Crippen LogP contribution < -0.4 is 0 Å². The summed E-state index contributed by atoms with van der Waals surface area (Å²) in [6.45, 7) is 9.26. The van der Waals surface area contributed by atoms with E-state index in [0.29, 0.717) is 5.56 Å². The SMILES string of the molecule is C.Cc1cc(C)c(C)cn1.Cc1cc(F)c(C)c(F)c1. The Morgan fingerprint density at radius 1 is 0.800 bits per heavy atom. The Bertz CT molecular complexity index is 554. The van der Waals surface area contributed by atoms with Gasteiger partial charge in [-0.1, -0.05) is 7.43 Å². The molecule has 3 heteroatoms. The van der Waals surface area contributed by atoms with Gasteiger partial charge in [-0.15, -0.1) is 0 Å². The summed E-state index contributed by atoms with van der Waals surface area (Å²) in [6.07, 6.45) is 1.91. The largest absolute Gasteiger partial charge is 0.261 e. The minimum absolute atomic E-state index is 0. The van der Waals surface area contributed by atoms with Crippen molar-refractivity contribution in [3.63, 3.8) is 0 Å². The monoisotopic (exact) mass is 279 g/mol. The van der Waals surface area contributed by atoms with E-state index in [1.807, 2.05) is 13.1 Å². The molecule has 0 spiro atoms. The molecule has 20 heavy (non-hydrogen) atoms. The molecule has 0 aliphatic heterocycles. The molecule has 110 valence electrons. The van der Waals surface area contributed by atoms with Gasteiger partial charge in [-0.05, 0) is 69.5 Å². The van der Waals surface area contributed by atoms with Crippen LogP contribution in [0.3, 0.4) is 0 Å². The molecular weight excluding hydrogens is 256 g/mol. The van der Waals surface area contributed by atoms with E-state index in [1.54, 1.807) is 6.92 Å². The molecule has 1 aromatic carbocycles. The molecule has 0 amide bonds. The Morgan fingerprint density at radius 3 is 1.70 bits per heavy atom. The number of hydrogen-bond acceptors (Lipinski definition) is 1. The van der Waals surface area contributed by atoms with Gasteiger partial charge in [0.25, 0.3) is 0 Å². The topological polar surface area (TPSA) is 12.9 Å². The summed E-state index contributed by atoms with van der Waals surface area (Å²) in [7, 11) is 0. The Morgan fingerprint density at radius 2 is 1.30 bits per heavy atom. The Hall–Kier alpha value is -1.77. The second-order valence-corrected chi connectivity index (χ2v) is 4.76. The Balaban J connectivity index is 0.000000345. The van der Waals surface area contributed by atoms with E-state index in [-0.39, 0.29) is 13.0 Å². The zero-order valence-electron chi connectivity index (χ0n) is 12.0. The molecule has 1 heterocycles. The van der Waals surface area contributed by atoms with Crippen molar-refractivity contribution >= 4 is 0 Å². The number of rotatable bonds is 0. The van der Waals surface area contributed by atoms with E-state index < -0.39 is 11.6 Å². The van der Waals surface area contributed by atoms with Crippen molar-refractivity contribution in [1.82, 2.24) is 4.98 Å². The summed E-state index contributed by atoms with van der Waals surface area (Å²) in [5, 5.41) is 0. The summed E-state index contributed by atoms with van der Waals surface area (Å²) in [6, 6.07) is 4.73. The van der Waals surface area contributed by atoms with Crippen molar-refractivity contribution in [2.45, 2.75) is 42.0 Å². The van der Waals surface area contributed by atoms with Crippen LogP contribution in [0.25, 0.3) is 0 Å². The smallest absolute Gasteiger partial charge is 0.129 e. The lowest BCUT2D eigenvalue weighted by Crippen LogP contribution is -1.88. The molecule has 0 aliphatic carbocycles. The summed E-state index contributed by atoms with van der Waals surface area (Å²) >= 11 is 0. The van der Waals surface area contributed by atoms with E-state index in [0.717, 1.165) is 5.69 Å². The predicted molar refractivity (Wildman–Crippen MR) is 81.0 cm³/mol. The van der Waals surface area contributed by atoms with Crippen LogP contribution in [0.2, 0.25) is 0 Å². The van der Waals surface area contributed by atoms with Gasteiger partial charge in [0.1, 0.15) is 11.6 Å². The lowest BCUT2D eigenvalue weighted by molar-refractivity contribution is 0.566. The third kappa shape index (κ3) is 5.08. The highest BCUT2D eigenvalue weighted by molar-refractivity contribution is 5.24. The summed E-state index contributed by atoms with van der Waals surface area (Å²) < 4.78 is 25.2. The zero-order chi connectivity index (χ0) is 14.6. The van der Waals surface area contributed by atoms with Gasteiger partial charge in [0, 0.05) is 17.5 Å². The summed E-state index contributed by atoms with van der Waals surface area (Å²) in [4.78, 5) is 4.14. The Labute approximate surface area is 120 Å². The molecule has 2 rings (SSSR count). The van der Waals surface area contributed by atoms with Crippen LogP contribution in [0, 0.1) is 46.3 Å². The second kappa shape index (κ2) is 7.73. The van der Waals surface area contributed by atoms with Gasteiger partial charge >= 0.3 is 0 Å². The van der Waals surface area contributed by atoms with Crippen molar-refractivity contribution in [3.8, 4) is 0 Å². The maximum Gasteiger partial charge on any atom is 0.129 e. The fourth-order valence-corrected chi connectivity index (χ4v) is 1.54. The van der Waals surface area contributed by atoms with Crippen molar-refractivity contribution in [2.24, 2.45) is 0 Å². The normalized spacial score (nSPS) is 9.35. The lowest BCUT2D eigenvalue weighted by Gasteiger charge is -1.98. The van der Waals surface area contributed by atoms with Crippen LogP contribution >= 0.6 is 0 Å². The highest BCUT2D eigenvalue weighted by Crippen LogP contribution is 2.12. The van der Waals surface area contributed by atoms with Gasteiger partial charge in [-0.25, -0.2) is 8.78 Å². The molecule has 0 atom stereocenters. The number of halogens is 2. The van der Waals surface area contributed by atoms with Crippen LogP contribution in [0.5, 0.6) is 0 Å². The quantitative estimate of drug-likeness (QED) is 0.644. The number of benzene rings is 1. The summed E-state index contributed by atoms with van der Waals surface area (Å²) in [5.74, 6) is -0.949. The number of hydrogen-bond donors (Lipinski definition) is 0. The minimum atomic E-state index is -0.475. The molecule has 0 aliphatic rings. The van der Waals surface area contributed by atoms with Gasteiger partial charge in [-0.2, -0.15) is 0 Å². The molecule has 0 unspecified atom stereocenters. The first-order valence-electron chi connectivity index (χ1n) is 6.13. The van der Waals surface area contributed by atoms with Crippen LogP contribution in [0.15, 0.2) is 24.4 Å². The molecule has 0 saturated carbocycles. The molecular formula is C17H23F2N. The molecule has 1 aromatic heterocycles. The van der Waals surface area contributed by atoms with Crippen molar-refractivity contribution < 1.29 is 8.78 Å². The average molecular weight is 279 g/mol. The lowest BCUT2D eigenvalue weighted by atomic mass is 10.1. The van der Waals surface area contributed by atoms with Gasteiger partial charge in [0.2, 0.25) is 0 Å². The van der Waals surface area contributed by atoms with Gasteiger partial charge in [0.05, 0.1) is 0 Å². The maximum absolute atomic E-state index is 12.6. The molecule has 0 N–H and O–H groups in total. The number of aromatic nitrogens is 1. The second-order valence-electron chi connectivity index (χ2n) is 4.76. The predicted octanol–water partition coefficient (Wildman–Crippen LogP) is 5.22. The third-order valence-corrected chi connectivity index (χ3v) is 2.93. The van der Waals surface area contributed by atoms with Gasteiger partial charge in [0.15, 0.2) is 0 Å². The fourth-order valence-electron chi connectivity index (χ4n) is 1.54. The first kappa shape index (κ1) is 18.2. The van der Waals surface area contributed by atoms with E-state index in [4.69, 9.17) is 0 Å². The first-order chi connectivity index (χ1) is 8.81. The van der Waals surface area contributed by atoms with Crippen molar-refractivity contribution in [1.29, 1.82) is 0 Å². The zero-order valence-corrected chi connectivity index (χ0v) is 12.0. The van der Waals surface area contributed by atoms with Gasteiger partial charge < -0.3 is 0 Å².